The molecule has 0 bridgehead atoms. The Morgan fingerprint density at radius 1 is 1.50 bits per heavy atom. The molecule has 0 aromatic rings. The van der Waals surface area contributed by atoms with Gasteiger partial charge < -0.3 is 0 Å². The van der Waals surface area contributed by atoms with Crippen molar-refractivity contribution in [1.29, 1.82) is 0 Å². The Balaban J connectivity index is 0. The van der Waals surface area contributed by atoms with Crippen molar-refractivity contribution < 1.29 is 12.6 Å². The zero-order valence-corrected chi connectivity index (χ0v) is 3.57. The van der Waals surface area contributed by atoms with Gasteiger partial charge in [-0.25, -0.2) is 8.42 Å². The third kappa shape index (κ3) is 8.86. The summed E-state index contributed by atoms with van der Waals surface area (Å²) in [6.07, 6.45) is 0. The van der Waals surface area contributed by atoms with Crippen LogP contribution in [0.4, 0.5) is 0 Å². The number of hydrogen-bond donors (Lipinski definition) is 1. The minimum atomic E-state index is -2.60. The van der Waals surface area contributed by atoms with Gasteiger partial charge in [0.2, 0.25) is 0 Å². The van der Waals surface area contributed by atoms with Gasteiger partial charge in [0.05, 0.1) is 7.11 Å². The molecule has 6 heavy (non-hydrogen) atoms. The van der Waals surface area contributed by atoms with Crippen LogP contribution in [0.1, 0.15) is 0 Å². The molecule has 0 aromatic carbocycles. The van der Waals surface area contributed by atoms with Crippen molar-refractivity contribution in [2.75, 3.05) is 7.11 Å². The van der Waals surface area contributed by atoms with E-state index in [2.05, 4.69) is 4.18 Å². The zero-order chi connectivity index (χ0) is 4.28. The molecule has 0 atom stereocenters. The molecule has 0 fully saturated rings. The molecular weight excluding hydrogens is 115 g/mol. The van der Waals surface area contributed by atoms with E-state index in [-0.39, 0.29) is 29.6 Å². The van der Waals surface area contributed by atoms with Gasteiger partial charge in [0, 0.05) is 0 Å². The molecule has 0 saturated carbocycles. The van der Waals surface area contributed by atoms with Crippen molar-refractivity contribution in [2.45, 2.75) is 0 Å². The molecule has 0 aliphatic carbocycles. The van der Waals surface area contributed by atoms with Crippen molar-refractivity contribution in [2.24, 2.45) is 0 Å². The third-order valence-corrected chi connectivity index (χ3v) is 0.447. The van der Waals surface area contributed by atoms with Crippen LogP contribution < -0.4 is 0 Å². The number of hydrogen-bond acceptors (Lipinski definition) is 3. The van der Waals surface area contributed by atoms with Gasteiger partial charge >= 0.3 is 29.6 Å². The van der Waals surface area contributed by atoms with Crippen LogP contribution in [0.3, 0.4) is 0 Å². The van der Waals surface area contributed by atoms with Crippen molar-refractivity contribution in [3.63, 3.8) is 0 Å². The first-order valence-corrected chi connectivity index (χ1v) is 2.05. The van der Waals surface area contributed by atoms with Crippen LogP contribution in [0.2, 0.25) is 0 Å². The molecule has 0 unspecified atom stereocenters. The summed E-state index contributed by atoms with van der Waals surface area (Å²) >= 11 is 0. The number of thiol groups is 1. The third-order valence-electron chi connectivity index (χ3n) is 0.149. The molecule has 0 N–H and O–H groups in total. The first-order chi connectivity index (χ1) is 2.27. The zero-order valence-electron chi connectivity index (χ0n) is 2.67. The van der Waals surface area contributed by atoms with E-state index in [9.17, 15) is 8.42 Å². The van der Waals surface area contributed by atoms with Crippen molar-refractivity contribution in [3.05, 3.63) is 0 Å². The van der Waals surface area contributed by atoms with Crippen LogP contribution in [-0.4, -0.2) is 45.1 Å². The van der Waals surface area contributed by atoms with Gasteiger partial charge in [-0.15, -0.1) is 0 Å². The average Bonchev–Trinajstić information content (AvgIpc) is 1.38. The SMILES string of the molecule is CO[SH](=O)=O.[NaH]. The predicted octanol–water partition coefficient (Wildman–Crippen LogP) is -1.49. The Bertz CT molecular complexity index is 68.9. The number of rotatable bonds is 1. The van der Waals surface area contributed by atoms with E-state index in [1.807, 2.05) is 0 Å². The topological polar surface area (TPSA) is 43.4 Å². The fraction of sp³-hybridized carbons (Fsp3) is 1.00. The summed E-state index contributed by atoms with van der Waals surface area (Å²) in [4.78, 5) is 0. The van der Waals surface area contributed by atoms with Crippen LogP contribution in [0.25, 0.3) is 0 Å². The second kappa shape index (κ2) is 5.91. The molecule has 5 heteroatoms. The van der Waals surface area contributed by atoms with Crippen LogP contribution in [0.15, 0.2) is 0 Å². The molecule has 0 aliphatic rings. The molecule has 0 heterocycles. The van der Waals surface area contributed by atoms with Gasteiger partial charge in [-0.05, 0) is 0 Å². The molecule has 0 amide bonds. The summed E-state index contributed by atoms with van der Waals surface area (Å²) in [5, 5.41) is 0. The Labute approximate surface area is 60.1 Å². The minimum absolute atomic E-state index is 0. The Morgan fingerprint density at radius 3 is 1.67 bits per heavy atom. The van der Waals surface area contributed by atoms with Gasteiger partial charge in [0.25, 0.3) is 11.0 Å². The summed E-state index contributed by atoms with van der Waals surface area (Å²) in [7, 11) is -1.50. The Morgan fingerprint density at radius 2 is 1.67 bits per heavy atom. The fourth-order valence-corrected chi connectivity index (χ4v) is 0. The Kier molecular flexibility index (Phi) is 9.86. The molecule has 0 rings (SSSR count). The maximum absolute atomic E-state index is 9.18. The fourth-order valence-electron chi connectivity index (χ4n) is 0. The van der Waals surface area contributed by atoms with E-state index in [1.54, 1.807) is 0 Å². The summed E-state index contributed by atoms with van der Waals surface area (Å²) in [5.74, 6) is 0. The Hall–Kier alpha value is 0.910. The van der Waals surface area contributed by atoms with E-state index in [0.717, 1.165) is 7.11 Å². The monoisotopic (exact) mass is 120 g/mol. The predicted molar refractivity (Wildman–Crippen MR) is 24.5 cm³/mol. The standard InChI is InChI=1S/CH4O3S.Na.H/c1-4-5(2)3;;/h5H,1H3;;. The van der Waals surface area contributed by atoms with Crippen molar-refractivity contribution >= 4 is 40.5 Å². The summed E-state index contributed by atoms with van der Waals surface area (Å²) < 4.78 is 22.1. The summed E-state index contributed by atoms with van der Waals surface area (Å²) in [6, 6.07) is 0. The van der Waals surface area contributed by atoms with Crippen LogP contribution in [0, 0.1) is 0 Å². The van der Waals surface area contributed by atoms with E-state index in [0.29, 0.717) is 0 Å². The molecule has 0 aromatic heterocycles. The maximum atomic E-state index is 9.18. The van der Waals surface area contributed by atoms with Crippen LogP contribution >= 0.6 is 0 Å². The first-order valence-electron chi connectivity index (χ1n) is 0.956. The summed E-state index contributed by atoms with van der Waals surface area (Å²) in [5.41, 5.74) is 0. The van der Waals surface area contributed by atoms with E-state index in [4.69, 9.17) is 0 Å². The van der Waals surface area contributed by atoms with E-state index < -0.39 is 11.0 Å². The molecule has 34 valence electrons. The summed E-state index contributed by atoms with van der Waals surface area (Å²) in [6.45, 7) is 0. The van der Waals surface area contributed by atoms with Gasteiger partial charge in [-0.2, -0.15) is 0 Å². The molecule has 3 nitrogen and oxygen atoms in total. The first kappa shape index (κ1) is 10.0. The molecular formula is CH5NaO3S. The van der Waals surface area contributed by atoms with E-state index >= 15 is 0 Å². The molecule has 0 saturated heterocycles. The van der Waals surface area contributed by atoms with E-state index in [1.165, 1.54) is 0 Å². The molecule has 0 radical (unpaired) electrons. The van der Waals surface area contributed by atoms with Crippen molar-refractivity contribution in [3.8, 4) is 0 Å². The van der Waals surface area contributed by atoms with Gasteiger partial charge in [-0.3, -0.25) is 4.18 Å². The van der Waals surface area contributed by atoms with Crippen molar-refractivity contribution in [1.82, 2.24) is 0 Å². The quantitative estimate of drug-likeness (QED) is 0.338. The molecule has 0 aliphatic heterocycles. The van der Waals surface area contributed by atoms with Gasteiger partial charge in [-0.1, -0.05) is 0 Å². The van der Waals surface area contributed by atoms with Gasteiger partial charge in [0.1, 0.15) is 0 Å². The molecule has 0 spiro atoms. The normalized spacial score (nSPS) is 7.67. The van der Waals surface area contributed by atoms with Crippen LogP contribution in [-0.2, 0) is 15.2 Å². The average molecular weight is 120 g/mol. The second-order valence-corrected chi connectivity index (χ2v) is 1.22. The van der Waals surface area contributed by atoms with Gasteiger partial charge in [0.15, 0.2) is 0 Å². The van der Waals surface area contributed by atoms with Crippen LogP contribution in [0.5, 0.6) is 0 Å². The second-order valence-electron chi connectivity index (χ2n) is 0.406.